The Labute approximate surface area is 153 Å². The van der Waals surface area contributed by atoms with Gasteiger partial charge in [-0.05, 0) is 29.8 Å². The number of carbonyl (C=O) groups is 1. The standard InChI is InChI=1S/C21H21N3O2/c1-24(15-16-8-4-3-5-9-16)21(25)19-14-17(12-13-22-19)23-18-10-6-7-11-20(18)26-2/h3-14H,15H2,1-2H3,(H,22,23). The fraction of sp³-hybridized carbons (Fsp3) is 0.143. The number of amides is 1. The summed E-state index contributed by atoms with van der Waals surface area (Å²) in [5, 5.41) is 3.27. The Morgan fingerprint density at radius 3 is 2.58 bits per heavy atom. The lowest BCUT2D eigenvalue weighted by Gasteiger charge is -2.17. The molecule has 1 amide bonds. The van der Waals surface area contributed by atoms with Gasteiger partial charge in [-0.1, -0.05) is 42.5 Å². The van der Waals surface area contributed by atoms with Crippen molar-refractivity contribution in [1.29, 1.82) is 0 Å². The molecule has 0 fully saturated rings. The third-order valence-electron chi connectivity index (χ3n) is 3.97. The van der Waals surface area contributed by atoms with Crippen molar-refractivity contribution in [3.63, 3.8) is 0 Å². The molecule has 0 radical (unpaired) electrons. The summed E-state index contributed by atoms with van der Waals surface area (Å²) in [6.45, 7) is 0.533. The number of ether oxygens (including phenoxy) is 1. The van der Waals surface area contributed by atoms with Crippen LogP contribution in [0.25, 0.3) is 0 Å². The summed E-state index contributed by atoms with van der Waals surface area (Å²) in [6, 6.07) is 21.1. The van der Waals surface area contributed by atoms with Gasteiger partial charge in [0.2, 0.25) is 0 Å². The summed E-state index contributed by atoms with van der Waals surface area (Å²) in [5.41, 5.74) is 3.08. The normalized spacial score (nSPS) is 10.2. The van der Waals surface area contributed by atoms with E-state index in [1.807, 2.05) is 60.7 Å². The lowest BCUT2D eigenvalue weighted by Crippen LogP contribution is -2.27. The van der Waals surface area contributed by atoms with Crippen LogP contribution in [0, 0.1) is 0 Å². The first kappa shape index (κ1) is 17.5. The number of rotatable bonds is 6. The number of methoxy groups -OCH3 is 1. The second kappa shape index (κ2) is 8.16. The Hall–Kier alpha value is -3.34. The van der Waals surface area contributed by atoms with Crippen LogP contribution in [0.5, 0.6) is 5.75 Å². The van der Waals surface area contributed by atoms with Gasteiger partial charge in [0.1, 0.15) is 11.4 Å². The summed E-state index contributed by atoms with van der Waals surface area (Å²) in [7, 11) is 3.40. The SMILES string of the molecule is COc1ccccc1Nc1ccnc(C(=O)N(C)Cc2ccccc2)c1. The highest BCUT2D eigenvalue weighted by Gasteiger charge is 2.14. The zero-order valence-corrected chi connectivity index (χ0v) is 14.8. The van der Waals surface area contributed by atoms with Crippen molar-refractivity contribution >= 4 is 17.3 Å². The highest BCUT2D eigenvalue weighted by molar-refractivity contribution is 5.93. The number of hydrogen-bond donors (Lipinski definition) is 1. The van der Waals surface area contributed by atoms with E-state index in [-0.39, 0.29) is 5.91 Å². The van der Waals surface area contributed by atoms with Crippen LogP contribution >= 0.6 is 0 Å². The van der Waals surface area contributed by atoms with E-state index in [1.165, 1.54) is 0 Å². The summed E-state index contributed by atoms with van der Waals surface area (Å²) >= 11 is 0. The molecule has 1 heterocycles. The van der Waals surface area contributed by atoms with Gasteiger partial charge in [0.25, 0.3) is 5.91 Å². The number of carbonyl (C=O) groups excluding carboxylic acids is 1. The average Bonchev–Trinajstić information content (AvgIpc) is 2.69. The second-order valence-corrected chi connectivity index (χ2v) is 5.90. The van der Waals surface area contributed by atoms with Crippen LogP contribution in [0.2, 0.25) is 0 Å². The quantitative estimate of drug-likeness (QED) is 0.729. The molecule has 132 valence electrons. The molecule has 5 nitrogen and oxygen atoms in total. The minimum absolute atomic E-state index is 0.127. The molecule has 3 rings (SSSR count). The van der Waals surface area contributed by atoms with Crippen LogP contribution < -0.4 is 10.1 Å². The van der Waals surface area contributed by atoms with Crippen molar-refractivity contribution < 1.29 is 9.53 Å². The zero-order valence-electron chi connectivity index (χ0n) is 14.8. The number of para-hydroxylation sites is 2. The predicted octanol–water partition coefficient (Wildman–Crippen LogP) is 4.11. The predicted molar refractivity (Wildman–Crippen MR) is 103 cm³/mol. The topological polar surface area (TPSA) is 54.5 Å². The molecule has 0 unspecified atom stereocenters. The molecule has 0 spiro atoms. The zero-order chi connectivity index (χ0) is 18.4. The van der Waals surface area contributed by atoms with Crippen LogP contribution in [0.4, 0.5) is 11.4 Å². The summed E-state index contributed by atoms with van der Waals surface area (Å²) in [6.07, 6.45) is 1.63. The van der Waals surface area contributed by atoms with E-state index in [0.29, 0.717) is 12.2 Å². The van der Waals surface area contributed by atoms with Gasteiger partial charge in [-0.25, -0.2) is 0 Å². The maximum atomic E-state index is 12.7. The van der Waals surface area contributed by atoms with E-state index in [0.717, 1.165) is 22.7 Å². The maximum absolute atomic E-state index is 12.7. The molecule has 0 saturated carbocycles. The van der Waals surface area contributed by atoms with E-state index >= 15 is 0 Å². The fourth-order valence-electron chi connectivity index (χ4n) is 2.65. The van der Waals surface area contributed by atoms with Gasteiger partial charge in [0.05, 0.1) is 12.8 Å². The van der Waals surface area contributed by atoms with E-state index in [9.17, 15) is 4.79 Å². The van der Waals surface area contributed by atoms with Crippen LogP contribution in [0.1, 0.15) is 16.1 Å². The van der Waals surface area contributed by atoms with E-state index in [1.54, 1.807) is 31.3 Å². The number of nitrogens with one attached hydrogen (secondary N) is 1. The van der Waals surface area contributed by atoms with Crippen LogP contribution in [0.3, 0.4) is 0 Å². The first-order chi connectivity index (χ1) is 12.7. The van der Waals surface area contributed by atoms with E-state index < -0.39 is 0 Å². The van der Waals surface area contributed by atoms with Crippen molar-refractivity contribution in [2.45, 2.75) is 6.54 Å². The first-order valence-corrected chi connectivity index (χ1v) is 8.33. The van der Waals surface area contributed by atoms with Gasteiger partial charge < -0.3 is 15.0 Å². The molecule has 5 heteroatoms. The third-order valence-corrected chi connectivity index (χ3v) is 3.97. The monoisotopic (exact) mass is 347 g/mol. The molecule has 3 aromatic rings. The van der Waals surface area contributed by atoms with Gasteiger partial charge in [-0.3, -0.25) is 9.78 Å². The Balaban J connectivity index is 1.75. The molecule has 26 heavy (non-hydrogen) atoms. The summed E-state index contributed by atoms with van der Waals surface area (Å²) < 4.78 is 5.35. The summed E-state index contributed by atoms with van der Waals surface area (Å²) in [4.78, 5) is 18.6. The number of benzene rings is 2. The summed E-state index contributed by atoms with van der Waals surface area (Å²) in [5.74, 6) is 0.607. The van der Waals surface area contributed by atoms with E-state index in [2.05, 4.69) is 10.3 Å². The van der Waals surface area contributed by atoms with Gasteiger partial charge in [0, 0.05) is 25.5 Å². The number of nitrogens with zero attached hydrogens (tertiary/aromatic N) is 2. The van der Waals surface area contributed by atoms with E-state index in [4.69, 9.17) is 4.74 Å². The Kier molecular flexibility index (Phi) is 5.49. The van der Waals surface area contributed by atoms with Crippen LogP contribution in [-0.2, 0) is 6.54 Å². The molecule has 0 bridgehead atoms. The Morgan fingerprint density at radius 2 is 1.81 bits per heavy atom. The molecule has 0 saturated heterocycles. The average molecular weight is 347 g/mol. The lowest BCUT2D eigenvalue weighted by atomic mass is 10.2. The number of hydrogen-bond acceptors (Lipinski definition) is 4. The first-order valence-electron chi connectivity index (χ1n) is 8.33. The van der Waals surface area contributed by atoms with Gasteiger partial charge in [-0.15, -0.1) is 0 Å². The number of aromatic nitrogens is 1. The van der Waals surface area contributed by atoms with Gasteiger partial charge >= 0.3 is 0 Å². The van der Waals surface area contributed by atoms with Crippen LogP contribution in [-0.4, -0.2) is 29.9 Å². The minimum atomic E-state index is -0.127. The maximum Gasteiger partial charge on any atom is 0.272 e. The molecule has 0 aliphatic heterocycles. The molecule has 1 N–H and O–H groups in total. The largest absolute Gasteiger partial charge is 0.495 e. The molecule has 2 aromatic carbocycles. The number of pyridine rings is 1. The minimum Gasteiger partial charge on any atom is -0.495 e. The molecule has 0 aliphatic carbocycles. The number of anilines is 2. The van der Waals surface area contributed by atoms with Gasteiger partial charge in [0.15, 0.2) is 0 Å². The fourth-order valence-corrected chi connectivity index (χ4v) is 2.65. The highest BCUT2D eigenvalue weighted by atomic mass is 16.5. The second-order valence-electron chi connectivity index (χ2n) is 5.90. The third kappa shape index (κ3) is 4.19. The molecule has 1 aromatic heterocycles. The van der Waals surface area contributed by atoms with Crippen LogP contribution in [0.15, 0.2) is 72.9 Å². The molecular formula is C21H21N3O2. The lowest BCUT2D eigenvalue weighted by molar-refractivity contribution is 0.0779. The Bertz CT molecular complexity index is 881. The smallest absolute Gasteiger partial charge is 0.272 e. The van der Waals surface area contributed by atoms with Gasteiger partial charge in [-0.2, -0.15) is 0 Å². The molecule has 0 atom stereocenters. The Morgan fingerprint density at radius 1 is 1.08 bits per heavy atom. The molecule has 0 aliphatic rings. The van der Waals surface area contributed by atoms with Crippen molar-refractivity contribution in [1.82, 2.24) is 9.88 Å². The van der Waals surface area contributed by atoms with Crippen molar-refractivity contribution in [2.75, 3.05) is 19.5 Å². The van der Waals surface area contributed by atoms with Crippen molar-refractivity contribution in [3.05, 3.63) is 84.2 Å². The van der Waals surface area contributed by atoms with Crippen molar-refractivity contribution in [2.24, 2.45) is 0 Å². The molecular weight excluding hydrogens is 326 g/mol. The highest BCUT2D eigenvalue weighted by Crippen LogP contribution is 2.27. The van der Waals surface area contributed by atoms with Crippen molar-refractivity contribution in [3.8, 4) is 5.75 Å².